The van der Waals surface area contributed by atoms with Crippen molar-refractivity contribution < 1.29 is 19.1 Å². The number of carbonyl (C=O) groups excluding carboxylic acids is 3. The second kappa shape index (κ2) is 9.76. The zero-order valence-electron chi connectivity index (χ0n) is 18.6. The van der Waals surface area contributed by atoms with Crippen LogP contribution >= 0.6 is 0 Å². The SMILES string of the molecule is CCCc1c(C(=O)N2CCCC(C(=O)Nc3ncccc3C)C2)[nH]c(C)c1C(=O)OC. The van der Waals surface area contributed by atoms with E-state index in [9.17, 15) is 14.4 Å². The number of piperidine rings is 1. The van der Waals surface area contributed by atoms with Crippen LogP contribution in [0.1, 0.15) is 63.9 Å². The highest BCUT2D eigenvalue weighted by Gasteiger charge is 2.32. The number of aromatic amines is 1. The lowest BCUT2D eigenvalue weighted by Gasteiger charge is -2.32. The Labute approximate surface area is 182 Å². The van der Waals surface area contributed by atoms with Crippen molar-refractivity contribution in [2.45, 2.75) is 46.5 Å². The van der Waals surface area contributed by atoms with Crippen LogP contribution in [0, 0.1) is 19.8 Å². The van der Waals surface area contributed by atoms with Crippen LogP contribution in [0.3, 0.4) is 0 Å². The first-order chi connectivity index (χ1) is 14.9. The van der Waals surface area contributed by atoms with Gasteiger partial charge in [-0.25, -0.2) is 9.78 Å². The number of aryl methyl sites for hydroxylation is 2. The maximum absolute atomic E-state index is 13.4. The van der Waals surface area contributed by atoms with Crippen molar-refractivity contribution >= 4 is 23.6 Å². The Hall–Kier alpha value is -3.16. The number of methoxy groups -OCH3 is 1. The highest BCUT2D eigenvalue weighted by atomic mass is 16.5. The summed E-state index contributed by atoms with van der Waals surface area (Å²) in [6, 6.07) is 3.71. The summed E-state index contributed by atoms with van der Waals surface area (Å²) in [5, 5.41) is 2.89. The van der Waals surface area contributed by atoms with Gasteiger partial charge in [-0.2, -0.15) is 0 Å². The second-order valence-electron chi connectivity index (χ2n) is 7.97. The van der Waals surface area contributed by atoms with Crippen LogP contribution < -0.4 is 5.32 Å². The molecule has 1 aliphatic heterocycles. The van der Waals surface area contributed by atoms with Crippen LogP contribution in [0.4, 0.5) is 5.82 Å². The molecule has 8 nitrogen and oxygen atoms in total. The highest BCUT2D eigenvalue weighted by Crippen LogP contribution is 2.26. The Bertz CT molecular complexity index is 982. The average Bonchev–Trinajstić information content (AvgIpc) is 3.10. The molecule has 1 fully saturated rings. The third kappa shape index (κ3) is 4.78. The Kier molecular flexibility index (Phi) is 7.09. The van der Waals surface area contributed by atoms with E-state index in [1.807, 2.05) is 26.0 Å². The lowest BCUT2D eigenvalue weighted by atomic mass is 9.96. The summed E-state index contributed by atoms with van der Waals surface area (Å²) in [6.45, 7) is 6.56. The molecule has 1 aliphatic rings. The van der Waals surface area contributed by atoms with Gasteiger partial charge in [-0.1, -0.05) is 19.4 Å². The second-order valence-corrected chi connectivity index (χ2v) is 7.97. The first-order valence-corrected chi connectivity index (χ1v) is 10.7. The number of H-pyrrole nitrogens is 1. The zero-order chi connectivity index (χ0) is 22.5. The van der Waals surface area contributed by atoms with E-state index < -0.39 is 5.97 Å². The monoisotopic (exact) mass is 426 g/mol. The summed E-state index contributed by atoms with van der Waals surface area (Å²) < 4.78 is 4.91. The smallest absolute Gasteiger partial charge is 0.339 e. The number of esters is 1. The van der Waals surface area contributed by atoms with Crippen molar-refractivity contribution in [1.82, 2.24) is 14.9 Å². The lowest BCUT2D eigenvalue weighted by molar-refractivity contribution is -0.121. The third-order valence-electron chi connectivity index (χ3n) is 5.72. The summed E-state index contributed by atoms with van der Waals surface area (Å²) in [4.78, 5) is 47.5. The fourth-order valence-electron chi connectivity index (χ4n) is 4.11. The van der Waals surface area contributed by atoms with Crippen LogP contribution in [0.2, 0.25) is 0 Å². The number of amides is 2. The van der Waals surface area contributed by atoms with E-state index in [2.05, 4.69) is 15.3 Å². The standard InChI is InChI=1S/C23H30N4O4/c1-5-8-17-18(23(30)31-4)15(3)25-19(17)22(29)27-12-7-10-16(13-27)21(28)26-20-14(2)9-6-11-24-20/h6,9,11,16,25H,5,7-8,10,12-13H2,1-4H3,(H,24,26,28). The molecule has 2 amide bonds. The first kappa shape index (κ1) is 22.5. The molecule has 1 atom stereocenters. The predicted molar refractivity (Wildman–Crippen MR) is 117 cm³/mol. The van der Waals surface area contributed by atoms with E-state index in [1.165, 1.54) is 7.11 Å². The Morgan fingerprint density at radius 2 is 2.10 bits per heavy atom. The topological polar surface area (TPSA) is 104 Å². The Balaban J connectivity index is 1.79. The molecule has 1 unspecified atom stereocenters. The molecule has 0 aliphatic carbocycles. The highest BCUT2D eigenvalue weighted by molar-refractivity contribution is 6.01. The van der Waals surface area contributed by atoms with Gasteiger partial charge in [0.15, 0.2) is 0 Å². The van der Waals surface area contributed by atoms with E-state index in [0.29, 0.717) is 54.3 Å². The van der Waals surface area contributed by atoms with Gasteiger partial charge in [-0.15, -0.1) is 0 Å². The van der Waals surface area contributed by atoms with Crippen molar-refractivity contribution in [3.8, 4) is 0 Å². The number of hydrogen-bond donors (Lipinski definition) is 2. The predicted octanol–water partition coefficient (Wildman–Crippen LogP) is 3.26. The van der Waals surface area contributed by atoms with Gasteiger partial charge in [0.25, 0.3) is 5.91 Å². The third-order valence-corrected chi connectivity index (χ3v) is 5.72. The maximum atomic E-state index is 13.4. The molecule has 1 saturated heterocycles. The number of carbonyl (C=O) groups is 3. The minimum atomic E-state index is -0.446. The molecule has 3 heterocycles. The summed E-state index contributed by atoms with van der Waals surface area (Å²) in [7, 11) is 1.34. The molecule has 0 saturated carbocycles. The summed E-state index contributed by atoms with van der Waals surface area (Å²) in [5.41, 5.74) is 3.05. The molecule has 0 spiro atoms. The van der Waals surface area contributed by atoms with E-state index >= 15 is 0 Å². The van der Waals surface area contributed by atoms with Gasteiger partial charge in [-0.05, 0) is 50.3 Å². The molecule has 0 aromatic carbocycles. The van der Waals surface area contributed by atoms with Gasteiger partial charge in [0.1, 0.15) is 11.5 Å². The molecule has 2 N–H and O–H groups in total. The van der Waals surface area contributed by atoms with Crippen LogP contribution in [-0.4, -0.2) is 52.9 Å². The van der Waals surface area contributed by atoms with Gasteiger partial charge in [0, 0.05) is 25.0 Å². The number of nitrogens with one attached hydrogen (secondary N) is 2. The van der Waals surface area contributed by atoms with Crippen LogP contribution in [0.5, 0.6) is 0 Å². The van der Waals surface area contributed by atoms with Crippen molar-refractivity contribution in [2.75, 3.05) is 25.5 Å². The summed E-state index contributed by atoms with van der Waals surface area (Å²) in [6.07, 6.45) is 4.46. The number of hydrogen-bond acceptors (Lipinski definition) is 5. The van der Waals surface area contributed by atoms with E-state index in [1.54, 1.807) is 18.0 Å². The van der Waals surface area contributed by atoms with Gasteiger partial charge in [0.2, 0.25) is 5.91 Å². The molecule has 0 radical (unpaired) electrons. The average molecular weight is 427 g/mol. The molecule has 166 valence electrons. The molecule has 8 heteroatoms. The molecule has 0 bridgehead atoms. The van der Waals surface area contributed by atoms with Gasteiger partial charge >= 0.3 is 5.97 Å². The lowest BCUT2D eigenvalue weighted by Crippen LogP contribution is -2.44. The maximum Gasteiger partial charge on any atom is 0.339 e. The molecule has 2 aromatic heterocycles. The first-order valence-electron chi connectivity index (χ1n) is 10.7. The van der Waals surface area contributed by atoms with Crippen LogP contribution in [-0.2, 0) is 16.0 Å². The summed E-state index contributed by atoms with van der Waals surface area (Å²) in [5.74, 6) is -0.536. The van der Waals surface area contributed by atoms with Crippen LogP contribution in [0.25, 0.3) is 0 Å². The summed E-state index contributed by atoms with van der Waals surface area (Å²) >= 11 is 0. The Morgan fingerprint density at radius 1 is 1.32 bits per heavy atom. The van der Waals surface area contributed by atoms with Gasteiger partial charge in [-0.3, -0.25) is 9.59 Å². The number of nitrogens with zero attached hydrogens (tertiary/aromatic N) is 2. The number of rotatable bonds is 6. The van der Waals surface area contributed by atoms with Gasteiger partial charge < -0.3 is 19.9 Å². The minimum absolute atomic E-state index is 0.133. The van der Waals surface area contributed by atoms with E-state index in [-0.39, 0.29) is 17.7 Å². The van der Waals surface area contributed by atoms with Crippen molar-refractivity contribution in [2.24, 2.45) is 5.92 Å². The fraction of sp³-hybridized carbons (Fsp3) is 0.478. The largest absolute Gasteiger partial charge is 0.465 e. The Morgan fingerprint density at radius 3 is 2.77 bits per heavy atom. The number of likely N-dealkylation sites (tertiary alicyclic amines) is 1. The molecule has 3 rings (SSSR count). The van der Waals surface area contributed by atoms with Gasteiger partial charge in [0.05, 0.1) is 18.6 Å². The normalized spacial score (nSPS) is 16.1. The molecule has 31 heavy (non-hydrogen) atoms. The van der Waals surface area contributed by atoms with Crippen molar-refractivity contribution in [3.63, 3.8) is 0 Å². The fourth-order valence-corrected chi connectivity index (χ4v) is 4.11. The van der Waals surface area contributed by atoms with E-state index in [4.69, 9.17) is 4.74 Å². The zero-order valence-corrected chi connectivity index (χ0v) is 18.6. The number of ether oxygens (including phenoxy) is 1. The van der Waals surface area contributed by atoms with Crippen molar-refractivity contribution in [3.05, 3.63) is 46.4 Å². The quantitative estimate of drug-likeness (QED) is 0.690. The molecule has 2 aromatic rings. The number of pyridine rings is 1. The number of anilines is 1. The number of aromatic nitrogens is 2. The molecular weight excluding hydrogens is 396 g/mol. The van der Waals surface area contributed by atoms with Crippen molar-refractivity contribution in [1.29, 1.82) is 0 Å². The minimum Gasteiger partial charge on any atom is -0.465 e. The van der Waals surface area contributed by atoms with Crippen LogP contribution in [0.15, 0.2) is 18.3 Å². The van der Waals surface area contributed by atoms with E-state index in [0.717, 1.165) is 18.4 Å². The molecular formula is C23H30N4O4.